The summed E-state index contributed by atoms with van der Waals surface area (Å²) in [5, 5.41) is 3.07. The minimum absolute atomic E-state index is 0.0358. The molecule has 2 rings (SSSR count). The SMILES string of the molecule is CC(C)COc1cc(C(=O)NC2CCCC2)ccc1N. The van der Waals surface area contributed by atoms with Gasteiger partial charge in [-0.1, -0.05) is 26.7 Å². The predicted molar refractivity (Wildman–Crippen MR) is 80.9 cm³/mol. The van der Waals surface area contributed by atoms with E-state index in [1.54, 1.807) is 18.2 Å². The van der Waals surface area contributed by atoms with E-state index in [2.05, 4.69) is 19.2 Å². The van der Waals surface area contributed by atoms with E-state index in [4.69, 9.17) is 10.5 Å². The fraction of sp³-hybridized carbons (Fsp3) is 0.562. The van der Waals surface area contributed by atoms with Gasteiger partial charge in [0, 0.05) is 11.6 Å². The summed E-state index contributed by atoms with van der Waals surface area (Å²) in [4.78, 5) is 12.2. The van der Waals surface area contributed by atoms with Gasteiger partial charge in [0.1, 0.15) is 5.75 Å². The van der Waals surface area contributed by atoms with Crippen LogP contribution in [0.5, 0.6) is 5.75 Å². The first-order valence-electron chi connectivity index (χ1n) is 7.39. The largest absolute Gasteiger partial charge is 0.491 e. The van der Waals surface area contributed by atoms with Gasteiger partial charge in [0.15, 0.2) is 0 Å². The lowest BCUT2D eigenvalue weighted by Gasteiger charge is -2.14. The molecule has 0 saturated heterocycles. The normalized spacial score (nSPS) is 15.6. The van der Waals surface area contributed by atoms with Crippen LogP contribution >= 0.6 is 0 Å². The Hall–Kier alpha value is -1.71. The highest BCUT2D eigenvalue weighted by Gasteiger charge is 2.18. The van der Waals surface area contributed by atoms with Crippen LogP contribution in [0.3, 0.4) is 0 Å². The highest BCUT2D eigenvalue weighted by Crippen LogP contribution is 2.24. The van der Waals surface area contributed by atoms with Gasteiger partial charge in [-0.3, -0.25) is 4.79 Å². The fourth-order valence-corrected chi connectivity index (χ4v) is 2.40. The van der Waals surface area contributed by atoms with Crippen molar-refractivity contribution in [2.24, 2.45) is 5.92 Å². The maximum absolute atomic E-state index is 12.2. The minimum Gasteiger partial charge on any atom is -0.491 e. The Bertz CT molecular complexity index is 466. The Labute approximate surface area is 120 Å². The highest BCUT2D eigenvalue weighted by atomic mass is 16.5. The molecule has 110 valence electrons. The minimum atomic E-state index is -0.0358. The van der Waals surface area contributed by atoms with Crippen LogP contribution in [0.4, 0.5) is 5.69 Å². The van der Waals surface area contributed by atoms with Crippen molar-refractivity contribution >= 4 is 11.6 Å². The van der Waals surface area contributed by atoms with Gasteiger partial charge in [-0.2, -0.15) is 0 Å². The number of hydrogen-bond donors (Lipinski definition) is 2. The van der Waals surface area contributed by atoms with Crippen LogP contribution in [0.25, 0.3) is 0 Å². The van der Waals surface area contributed by atoms with Gasteiger partial charge in [-0.25, -0.2) is 0 Å². The second-order valence-electron chi connectivity index (χ2n) is 5.91. The number of rotatable bonds is 5. The molecule has 0 radical (unpaired) electrons. The van der Waals surface area contributed by atoms with E-state index < -0.39 is 0 Å². The molecule has 1 saturated carbocycles. The number of carbonyl (C=O) groups excluding carboxylic acids is 1. The first-order valence-corrected chi connectivity index (χ1v) is 7.39. The molecule has 0 spiro atoms. The van der Waals surface area contributed by atoms with Crippen LogP contribution in [0.1, 0.15) is 49.9 Å². The summed E-state index contributed by atoms with van der Waals surface area (Å²) in [7, 11) is 0. The molecule has 0 aromatic heterocycles. The van der Waals surface area contributed by atoms with Crippen LogP contribution in [0.2, 0.25) is 0 Å². The van der Waals surface area contributed by atoms with E-state index in [9.17, 15) is 4.79 Å². The van der Waals surface area contributed by atoms with Crippen molar-refractivity contribution in [2.75, 3.05) is 12.3 Å². The molecule has 1 fully saturated rings. The molecule has 3 N–H and O–H groups in total. The standard InChI is InChI=1S/C16H24N2O2/c1-11(2)10-20-15-9-12(7-8-14(15)17)16(19)18-13-5-3-4-6-13/h7-9,11,13H,3-6,10,17H2,1-2H3,(H,18,19). The Kier molecular flexibility index (Phi) is 4.88. The zero-order chi connectivity index (χ0) is 14.5. The van der Waals surface area contributed by atoms with E-state index in [0.29, 0.717) is 35.6 Å². The molecule has 0 unspecified atom stereocenters. The van der Waals surface area contributed by atoms with E-state index in [0.717, 1.165) is 12.8 Å². The molecule has 1 amide bonds. The average molecular weight is 276 g/mol. The smallest absolute Gasteiger partial charge is 0.251 e. The van der Waals surface area contributed by atoms with Gasteiger partial charge in [-0.05, 0) is 37.0 Å². The average Bonchev–Trinajstić information content (AvgIpc) is 2.90. The summed E-state index contributed by atoms with van der Waals surface area (Å²) >= 11 is 0. The lowest BCUT2D eigenvalue weighted by molar-refractivity contribution is 0.0937. The van der Waals surface area contributed by atoms with E-state index in [1.807, 2.05) is 0 Å². The quantitative estimate of drug-likeness (QED) is 0.813. The third-order valence-corrected chi connectivity index (χ3v) is 3.54. The predicted octanol–water partition coefficient (Wildman–Crippen LogP) is 2.98. The maximum atomic E-state index is 12.2. The second-order valence-corrected chi connectivity index (χ2v) is 5.91. The van der Waals surface area contributed by atoms with Crippen molar-refractivity contribution in [1.82, 2.24) is 5.32 Å². The lowest BCUT2D eigenvalue weighted by atomic mass is 10.1. The molecule has 1 aromatic rings. The Balaban J connectivity index is 2.03. The number of hydrogen-bond acceptors (Lipinski definition) is 3. The summed E-state index contributed by atoms with van der Waals surface area (Å²) in [5.41, 5.74) is 7.07. The Morgan fingerprint density at radius 3 is 2.75 bits per heavy atom. The van der Waals surface area contributed by atoms with Gasteiger partial charge in [-0.15, -0.1) is 0 Å². The maximum Gasteiger partial charge on any atom is 0.251 e. The van der Waals surface area contributed by atoms with Crippen molar-refractivity contribution in [1.29, 1.82) is 0 Å². The van der Waals surface area contributed by atoms with Crippen molar-refractivity contribution in [2.45, 2.75) is 45.6 Å². The van der Waals surface area contributed by atoms with Gasteiger partial charge >= 0.3 is 0 Å². The summed E-state index contributed by atoms with van der Waals surface area (Å²) in [6.07, 6.45) is 4.57. The summed E-state index contributed by atoms with van der Waals surface area (Å²) in [6.45, 7) is 4.75. The number of amides is 1. The number of ether oxygens (including phenoxy) is 1. The summed E-state index contributed by atoms with van der Waals surface area (Å²) < 4.78 is 5.65. The number of nitrogen functional groups attached to an aromatic ring is 1. The second kappa shape index (κ2) is 6.64. The van der Waals surface area contributed by atoms with Crippen LogP contribution < -0.4 is 15.8 Å². The molecule has 0 bridgehead atoms. The van der Waals surface area contributed by atoms with Crippen LogP contribution in [0.15, 0.2) is 18.2 Å². The third kappa shape index (κ3) is 3.89. The summed E-state index contributed by atoms with van der Waals surface area (Å²) in [5.74, 6) is 0.981. The van der Waals surface area contributed by atoms with E-state index in [1.165, 1.54) is 12.8 Å². The van der Waals surface area contributed by atoms with Crippen molar-refractivity contribution in [3.63, 3.8) is 0 Å². The molecule has 20 heavy (non-hydrogen) atoms. The van der Waals surface area contributed by atoms with Crippen molar-refractivity contribution in [3.05, 3.63) is 23.8 Å². The molecular weight excluding hydrogens is 252 g/mol. The van der Waals surface area contributed by atoms with Crippen LogP contribution in [-0.2, 0) is 0 Å². The van der Waals surface area contributed by atoms with Crippen molar-refractivity contribution < 1.29 is 9.53 Å². The molecule has 4 heteroatoms. The Morgan fingerprint density at radius 1 is 1.40 bits per heavy atom. The first kappa shape index (κ1) is 14.7. The topological polar surface area (TPSA) is 64.3 Å². The van der Waals surface area contributed by atoms with E-state index >= 15 is 0 Å². The molecule has 1 aromatic carbocycles. The number of nitrogens with one attached hydrogen (secondary N) is 1. The molecular formula is C16H24N2O2. The molecule has 1 aliphatic carbocycles. The van der Waals surface area contributed by atoms with Crippen LogP contribution in [-0.4, -0.2) is 18.6 Å². The van der Waals surface area contributed by atoms with Gasteiger partial charge < -0.3 is 15.8 Å². The molecule has 0 aliphatic heterocycles. The monoisotopic (exact) mass is 276 g/mol. The lowest BCUT2D eigenvalue weighted by Crippen LogP contribution is -2.32. The zero-order valence-corrected chi connectivity index (χ0v) is 12.3. The van der Waals surface area contributed by atoms with Gasteiger partial charge in [0.25, 0.3) is 5.91 Å². The molecule has 0 heterocycles. The van der Waals surface area contributed by atoms with Crippen LogP contribution in [0, 0.1) is 5.92 Å². The summed E-state index contributed by atoms with van der Waals surface area (Å²) in [6, 6.07) is 5.54. The molecule has 0 atom stereocenters. The van der Waals surface area contributed by atoms with Crippen molar-refractivity contribution in [3.8, 4) is 5.75 Å². The molecule has 4 nitrogen and oxygen atoms in total. The number of benzene rings is 1. The molecule has 1 aliphatic rings. The number of nitrogens with two attached hydrogens (primary N) is 1. The zero-order valence-electron chi connectivity index (χ0n) is 12.3. The first-order chi connectivity index (χ1) is 9.56. The van der Waals surface area contributed by atoms with Gasteiger partial charge in [0.2, 0.25) is 0 Å². The fourth-order valence-electron chi connectivity index (χ4n) is 2.40. The van der Waals surface area contributed by atoms with Gasteiger partial charge in [0.05, 0.1) is 12.3 Å². The number of anilines is 1. The highest BCUT2D eigenvalue weighted by molar-refractivity contribution is 5.95. The Morgan fingerprint density at radius 2 is 2.10 bits per heavy atom. The number of carbonyl (C=O) groups is 1. The third-order valence-electron chi connectivity index (χ3n) is 3.54. The van der Waals surface area contributed by atoms with E-state index in [-0.39, 0.29) is 5.91 Å².